The summed E-state index contributed by atoms with van der Waals surface area (Å²) in [6.45, 7) is 0. The zero-order chi connectivity index (χ0) is 18.8. The maximum Gasteiger partial charge on any atom is 0.267 e. The Morgan fingerprint density at radius 2 is 1.81 bits per heavy atom. The number of para-hydroxylation sites is 2. The first-order chi connectivity index (χ1) is 13.2. The molecule has 0 saturated heterocycles. The second kappa shape index (κ2) is 7.07. The van der Waals surface area contributed by atoms with Crippen molar-refractivity contribution < 1.29 is 9.53 Å². The van der Waals surface area contributed by atoms with Gasteiger partial charge in [0.15, 0.2) is 0 Å². The summed E-state index contributed by atoms with van der Waals surface area (Å²) in [5, 5.41) is 7.41. The molecule has 136 valence electrons. The Labute approximate surface area is 156 Å². The van der Waals surface area contributed by atoms with Crippen molar-refractivity contribution in [1.29, 1.82) is 0 Å². The van der Waals surface area contributed by atoms with Crippen LogP contribution in [0.5, 0.6) is 5.75 Å². The Morgan fingerprint density at radius 3 is 2.67 bits per heavy atom. The molecular formula is C21H19N3O3. The lowest BCUT2D eigenvalue weighted by molar-refractivity contribution is -0.119. The van der Waals surface area contributed by atoms with E-state index in [9.17, 15) is 9.59 Å². The van der Waals surface area contributed by atoms with Gasteiger partial charge in [-0.05, 0) is 42.7 Å². The number of rotatable bonds is 3. The number of nitrogens with zero attached hydrogens (tertiary/aromatic N) is 2. The normalized spacial score (nSPS) is 16.2. The number of carbonyl (C=O) groups is 1. The maximum absolute atomic E-state index is 12.8. The second-order valence-electron chi connectivity index (χ2n) is 6.40. The van der Waals surface area contributed by atoms with Crippen LogP contribution in [0.25, 0.3) is 11.3 Å². The molecule has 1 atom stereocenters. The van der Waals surface area contributed by atoms with Crippen LogP contribution in [0.1, 0.15) is 18.0 Å². The van der Waals surface area contributed by atoms with Crippen molar-refractivity contribution in [3.8, 4) is 17.0 Å². The van der Waals surface area contributed by atoms with Crippen molar-refractivity contribution >= 4 is 11.6 Å². The van der Waals surface area contributed by atoms with Gasteiger partial charge in [0.2, 0.25) is 5.91 Å². The minimum absolute atomic E-state index is 0.230. The zero-order valence-electron chi connectivity index (χ0n) is 14.9. The number of anilines is 1. The first kappa shape index (κ1) is 17.0. The highest BCUT2D eigenvalue weighted by Gasteiger charge is 2.27. The van der Waals surface area contributed by atoms with E-state index in [-0.39, 0.29) is 11.5 Å². The van der Waals surface area contributed by atoms with Gasteiger partial charge >= 0.3 is 0 Å². The standard InChI is InChI=1S/C21H19N3O3/c1-27-19-9-5-3-7-15(19)17-11-13-20(25)24(23-17)18-12-10-14-6-2-4-8-16(14)22-21(18)26/h2-9,11,13,18H,10,12H2,1H3,(H,22,26)/t18-/m1/s1. The van der Waals surface area contributed by atoms with Crippen LogP contribution in [0, 0.1) is 0 Å². The van der Waals surface area contributed by atoms with Gasteiger partial charge in [0.25, 0.3) is 5.56 Å². The van der Waals surface area contributed by atoms with Gasteiger partial charge in [-0.15, -0.1) is 0 Å². The topological polar surface area (TPSA) is 73.2 Å². The Kier molecular flexibility index (Phi) is 4.46. The van der Waals surface area contributed by atoms with E-state index in [1.807, 2.05) is 48.5 Å². The van der Waals surface area contributed by atoms with Crippen LogP contribution in [0.4, 0.5) is 5.69 Å². The minimum Gasteiger partial charge on any atom is -0.496 e. The molecule has 1 aliphatic rings. The molecule has 0 radical (unpaired) electrons. The summed E-state index contributed by atoms with van der Waals surface area (Å²) in [7, 11) is 1.59. The number of ether oxygens (including phenoxy) is 1. The van der Waals surface area contributed by atoms with Crippen molar-refractivity contribution in [2.45, 2.75) is 18.9 Å². The molecular weight excluding hydrogens is 342 g/mol. The maximum atomic E-state index is 12.8. The molecule has 0 fully saturated rings. The van der Waals surface area contributed by atoms with E-state index < -0.39 is 6.04 Å². The molecule has 1 aromatic heterocycles. The van der Waals surface area contributed by atoms with Gasteiger partial charge < -0.3 is 10.1 Å². The van der Waals surface area contributed by atoms with Crippen LogP contribution in [0.15, 0.2) is 65.5 Å². The van der Waals surface area contributed by atoms with E-state index in [4.69, 9.17) is 4.74 Å². The van der Waals surface area contributed by atoms with Crippen LogP contribution in [-0.2, 0) is 11.2 Å². The first-order valence-electron chi connectivity index (χ1n) is 8.79. The van der Waals surface area contributed by atoms with Crippen molar-refractivity contribution in [2.24, 2.45) is 0 Å². The Morgan fingerprint density at radius 1 is 1.04 bits per heavy atom. The number of hydrogen-bond acceptors (Lipinski definition) is 4. The fraction of sp³-hybridized carbons (Fsp3) is 0.190. The van der Waals surface area contributed by atoms with E-state index in [0.717, 1.165) is 16.8 Å². The molecule has 0 bridgehead atoms. The average Bonchev–Trinajstić information content (AvgIpc) is 2.86. The number of carbonyl (C=O) groups excluding carboxylic acids is 1. The van der Waals surface area contributed by atoms with Crippen molar-refractivity contribution in [2.75, 3.05) is 12.4 Å². The predicted octanol–water partition coefficient (Wildman–Crippen LogP) is 3.04. The van der Waals surface area contributed by atoms with Gasteiger partial charge in [0, 0.05) is 17.3 Å². The van der Waals surface area contributed by atoms with Crippen LogP contribution in [-0.4, -0.2) is 22.8 Å². The van der Waals surface area contributed by atoms with Gasteiger partial charge in [-0.3, -0.25) is 9.59 Å². The molecule has 3 aromatic rings. The molecule has 2 aromatic carbocycles. The van der Waals surface area contributed by atoms with Gasteiger partial charge in [-0.2, -0.15) is 5.10 Å². The molecule has 0 saturated carbocycles. The quantitative estimate of drug-likeness (QED) is 0.778. The SMILES string of the molecule is COc1ccccc1-c1ccc(=O)n([C@@H]2CCc3ccccc3NC2=O)n1. The number of amides is 1. The number of aromatic nitrogens is 2. The molecule has 4 rings (SSSR count). The Balaban J connectivity index is 1.74. The van der Waals surface area contributed by atoms with E-state index >= 15 is 0 Å². The number of benzene rings is 2. The summed E-state index contributed by atoms with van der Waals surface area (Å²) < 4.78 is 6.67. The third-order valence-corrected chi connectivity index (χ3v) is 4.77. The highest BCUT2D eigenvalue weighted by atomic mass is 16.5. The van der Waals surface area contributed by atoms with Crippen molar-refractivity contribution in [3.05, 3.63) is 76.6 Å². The van der Waals surface area contributed by atoms with E-state index in [0.29, 0.717) is 24.3 Å². The first-order valence-corrected chi connectivity index (χ1v) is 8.79. The number of aryl methyl sites for hydroxylation is 1. The van der Waals surface area contributed by atoms with Crippen LogP contribution in [0.2, 0.25) is 0 Å². The molecule has 27 heavy (non-hydrogen) atoms. The summed E-state index contributed by atoms with van der Waals surface area (Å²) >= 11 is 0. The summed E-state index contributed by atoms with van der Waals surface area (Å²) in [6.07, 6.45) is 1.19. The van der Waals surface area contributed by atoms with Gasteiger partial charge in [-0.25, -0.2) is 4.68 Å². The Hall–Kier alpha value is -3.41. The van der Waals surface area contributed by atoms with Gasteiger partial charge in [0.05, 0.1) is 12.8 Å². The lowest BCUT2D eigenvalue weighted by Crippen LogP contribution is -2.34. The fourth-order valence-corrected chi connectivity index (χ4v) is 3.38. The smallest absolute Gasteiger partial charge is 0.267 e. The lowest BCUT2D eigenvalue weighted by atomic mass is 10.1. The van der Waals surface area contributed by atoms with Gasteiger partial charge in [-0.1, -0.05) is 30.3 Å². The number of fused-ring (bicyclic) bond motifs is 1. The highest BCUT2D eigenvalue weighted by Crippen LogP contribution is 2.29. The largest absolute Gasteiger partial charge is 0.496 e. The lowest BCUT2D eigenvalue weighted by Gasteiger charge is -2.16. The summed E-state index contributed by atoms with van der Waals surface area (Å²) in [5.41, 5.74) is 2.90. The fourth-order valence-electron chi connectivity index (χ4n) is 3.38. The van der Waals surface area contributed by atoms with Crippen LogP contribution < -0.4 is 15.6 Å². The second-order valence-corrected chi connectivity index (χ2v) is 6.40. The van der Waals surface area contributed by atoms with E-state index in [2.05, 4.69) is 10.4 Å². The molecule has 6 heteroatoms. The van der Waals surface area contributed by atoms with Gasteiger partial charge in [0.1, 0.15) is 11.8 Å². The molecule has 0 spiro atoms. The van der Waals surface area contributed by atoms with Crippen molar-refractivity contribution in [3.63, 3.8) is 0 Å². The number of methoxy groups -OCH3 is 1. The predicted molar refractivity (Wildman–Crippen MR) is 103 cm³/mol. The van der Waals surface area contributed by atoms with Crippen molar-refractivity contribution in [1.82, 2.24) is 9.78 Å². The summed E-state index contributed by atoms with van der Waals surface area (Å²) in [4.78, 5) is 25.2. The van der Waals surface area contributed by atoms with Crippen LogP contribution >= 0.6 is 0 Å². The monoisotopic (exact) mass is 361 g/mol. The van der Waals surface area contributed by atoms with E-state index in [1.165, 1.54) is 10.7 Å². The van der Waals surface area contributed by atoms with Crippen LogP contribution in [0.3, 0.4) is 0 Å². The van der Waals surface area contributed by atoms with E-state index in [1.54, 1.807) is 13.2 Å². The molecule has 0 unspecified atom stereocenters. The summed E-state index contributed by atoms with van der Waals surface area (Å²) in [5.74, 6) is 0.430. The third kappa shape index (κ3) is 3.21. The molecule has 1 N–H and O–H groups in total. The molecule has 6 nitrogen and oxygen atoms in total. The molecule has 2 heterocycles. The summed E-state index contributed by atoms with van der Waals surface area (Å²) in [6, 6.07) is 17.6. The average molecular weight is 361 g/mol. The molecule has 1 aliphatic heterocycles. The minimum atomic E-state index is -0.667. The third-order valence-electron chi connectivity index (χ3n) is 4.77. The zero-order valence-corrected chi connectivity index (χ0v) is 14.9. The molecule has 1 amide bonds. The Bertz CT molecular complexity index is 1060. The number of hydrogen-bond donors (Lipinski definition) is 1. The highest BCUT2D eigenvalue weighted by molar-refractivity contribution is 5.95. The number of nitrogens with one attached hydrogen (secondary N) is 1. The molecule has 0 aliphatic carbocycles.